The van der Waals surface area contributed by atoms with Crippen molar-refractivity contribution in [3.63, 3.8) is 0 Å². The normalized spacial score (nSPS) is 10.4. The first kappa shape index (κ1) is 16.6. The summed E-state index contributed by atoms with van der Waals surface area (Å²) in [6, 6.07) is 11.6. The third-order valence-electron chi connectivity index (χ3n) is 3.42. The molecule has 0 bridgehead atoms. The molecule has 0 amide bonds. The van der Waals surface area contributed by atoms with Crippen LogP contribution >= 0.6 is 15.9 Å². The molecule has 2 rings (SSSR count). The molecule has 0 spiro atoms. The highest BCUT2D eigenvalue weighted by molar-refractivity contribution is 9.10. The first-order chi connectivity index (χ1) is 10.5. The summed E-state index contributed by atoms with van der Waals surface area (Å²) in [6.07, 6.45) is 0.999. The van der Waals surface area contributed by atoms with Gasteiger partial charge in [-0.25, -0.2) is 0 Å². The number of ether oxygens (including phenoxy) is 2. The molecule has 0 fully saturated rings. The average molecular weight is 363 g/mol. The van der Waals surface area contributed by atoms with E-state index in [-0.39, 0.29) is 5.97 Å². The third-order valence-corrected chi connectivity index (χ3v) is 3.88. The van der Waals surface area contributed by atoms with Crippen molar-refractivity contribution in [3.8, 4) is 11.5 Å². The Morgan fingerprint density at radius 2 is 1.68 bits per heavy atom. The molecule has 0 unspecified atom stereocenters. The van der Waals surface area contributed by atoms with E-state index in [1.807, 2.05) is 50.2 Å². The van der Waals surface area contributed by atoms with Gasteiger partial charge in [-0.3, -0.25) is 4.79 Å². The van der Waals surface area contributed by atoms with Crippen LogP contribution in [0.25, 0.3) is 0 Å². The molecule has 0 aromatic heterocycles. The Kier molecular flexibility index (Phi) is 5.61. The fourth-order valence-electron chi connectivity index (χ4n) is 2.26. The number of halogens is 1. The van der Waals surface area contributed by atoms with Gasteiger partial charge in [0, 0.05) is 10.9 Å². The maximum atomic E-state index is 12.0. The highest BCUT2D eigenvalue weighted by Gasteiger charge is 2.11. The van der Waals surface area contributed by atoms with Gasteiger partial charge in [0.15, 0.2) is 0 Å². The van der Waals surface area contributed by atoms with E-state index in [1.165, 1.54) is 0 Å². The molecule has 3 nitrogen and oxygen atoms in total. The van der Waals surface area contributed by atoms with Gasteiger partial charge in [-0.15, -0.1) is 0 Å². The summed E-state index contributed by atoms with van der Waals surface area (Å²) in [6.45, 7) is 3.87. The number of rotatable bonds is 5. The van der Waals surface area contributed by atoms with Gasteiger partial charge in [0.25, 0.3) is 0 Å². The van der Waals surface area contributed by atoms with Crippen LogP contribution in [-0.2, 0) is 11.2 Å². The molecular formula is C18H19BrO3. The van der Waals surface area contributed by atoms with Crippen molar-refractivity contribution in [2.24, 2.45) is 0 Å². The van der Waals surface area contributed by atoms with Crippen molar-refractivity contribution in [2.75, 3.05) is 7.11 Å². The van der Waals surface area contributed by atoms with Gasteiger partial charge in [0.1, 0.15) is 11.5 Å². The van der Waals surface area contributed by atoms with Crippen LogP contribution in [0.15, 0.2) is 40.9 Å². The number of carbonyl (C=O) groups excluding carboxylic acids is 1. The lowest BCUT2D eigenvalue weighted by Crippen LogP contribution is -2.10. The minimum Gasteiger partial charge on any atom is -0.497 e. The molecule has 0 radical (unpaired) electrons. The Hall–Kier alpha value is -1.81. The van der Waals surface area contributed by atoms with Crippen LogP contribution in [0.5, 0.6) is 11.5 Å². The van der Waals surface area contributed by atoms with Crippen molar-refractivity contribution >= 4 is 21.9 Å². The van der Waals surface area contributed by atoms with Crippen LogP contribution in [0.2, 0.25) is 0 Å². The highest BCUT2D eigenvalue weighted by atomic mass is 79.9. The molecule has 2 aromatic rings. The van der Waals surface area contributed by atoms with Gasteiger partial charge in [-0.1, -0.05) is 28.1 Å². The molecular weight excluding hydrogens is 344 g/mol. The second-order valence-electron chi connectivity index (χ2n) is 5.19. The van der Waals surface area contributed by atoms with Gasteiger partial charge in [0.05, 0.1) is 7.11 Å². The van der Waals surface area contributed by atoms with Crippen LogP contribution in [0.1, 0.15) is 23.1 Å². The summed E-state index contributed by atoms with van der Waals surface area (Å²) in [4.78, 5) is 12.0. The molecule has 0 saturated heterocycles. The van der Waals surface area contributed by atoms with Gasteiger partial charge in [-0.05, 0) is 61.2 Å². The average Bonchev–Trinajstić information content (AvgIpc) is 2.49. The van der Waals surface area contributed by atoms with E-state index in [0.717, 1.165) is 26.9 Å². The van der Waals surface area contributed by atoms with Crippen molar-refractivity contribution in [1.29, 1.82) is 0 Å². The molecule has 22 heavy (non-hydrogen) atoms. The van der Waals surface area contributed by atoms with E-state index in [0.29, 0.717) is 18.6 Å². The number of methoxy groups -OCH3 is 1. The van der Waals surface area contributed by atoms with E-state index in [1.54, 1.807) is 7.11 Å². The summed E-state index contributed by atoms with van der Waals surface area (Å²) in [5.41, 5.74) is 2.98. The summed E-state index contributed by atoms with van der Waals surface area (Å²) in [5.74, 6) is 1.25. The summed E-state index contributed by atoms with van der Waals surface area (Å²) in [5, 5.41) is 0. The first-order valence-electron chi connectivity index (χ1n) is 7.10. The molecule has 0 heterocycles. The standard InChI is InChI=1S/C18H19BrO3/c1-12-10-15(19)11-13(2)18(12)22-17(20)9-6-14-4-7-16(21-3)8-5-14/h4-5,7-8,10-11H,6,9H2,1-3H3. The Balaban J connectivity index is 1.95. The van der Waals surface area contributed by atoms with Crippen molar-refractivity contribution in [1.82, 2.24) is 0 Å². The minimum atomic E-state index is -0.218. The lowest BCUT2D eigenvalue weighted by molar-refractivity contribution is -0.134. The smallest absolute Gasteiger partial charge is 0.311 e. The van der Waals surface area contributed by atoms with Gasteiger partial charge in [0.2, 0.25) is 0 Å². The topological polar surface area (TPSA) is 35.5 Å². The SMILES string of the molecule is COc1ccc(CCC(=O)Oc2c(C)cc(Br)cc2C)cc1. The zero-order chi connectivity index (χ0) is 16.1. The molecule has 116 valence electrons. The van der Waals surface area contributed by atoms with Crippen LogP contribution in [0.4, 0.5) is 0 Å². The van der Waals surface area contributed by atoms with E-state index in [9.17, 15) is 4.79 Å². The van der Waals surface area contributed by atoms with E-state index >= 15 is 0 Å². The van der Waals surface area contributed by atoms with Crippen LogP contribution < -0.4 is 9.47 Å². The highest BCUT2D eigenvalue weighted by Crippen LogP contribution is 2.27. The molecule has 0 saturated carbocycles. The van der Waals surface area contributed by atoms with Gasteiger partial charge in [-0.2, -0.15) is 0 Å². The first-order valence-corrected chi connectivity index (χ1v) is 7.89. The summed E-state index contributed by atoms with van der Waals surface area (Å²) >= 11 is 3.44. The second-order valence-corrected chi connectivity index (χ2v) is 6.11. The zero-order valence-corrected chi connectivity index (χ0v) is 14.6. The quantitative estimate of drug-likeness (QED) is 0.575. The molecule has 0 aliphatic carbocycles. The molecule has 2 aromatic carbocycles. The molecule has 0 aliphatic rings. The Bertz CT molecular complexity index is 640. The molecule has 0 atom stereocenters. The molecule has 4 heteroatoms. The number of hydrogen-bond acceptors (Lipinski definition) is 3. The van der Waals surface area contributed by atoms with Gasteiger partial charge >= 0.3 is 5.97 Å². The zero-order valence-electron chi connectivity index (χ0n) is 13.0. The van der Waals surface area contributed by atoms with Crippen molar-refractivity contribution < 1.29 is 14.3 Å². The van der Waals surface area contributed by atoms with E-state index in [2.05, 4.69) is 15.9 Å². The Morgan fingerprint density at radius 1 is 1.09 bits per heavy atom. The predicted octanol–water partition coefficient (Wildman–Crippen LogP) is 4.61. The number of carbonyl (C=O) groups is 1. The molecule has 0 N–H and O–H groups in total. The van der Waals surface area contributed by atoms with Crippen LogP contribution in [-0.4, -0.2) is 13.1 Å². The maximum absolute atomic E-state index is 12.0. The van der Waals surface area contributed by atoms with Crippen molar-refractivity contribution in [2.45, 2.75) is 26.7 Å². The number of benzene rings is 2. The van der Waals surface area contributed by atoms with Crippen molar-refractivity contribution in [3.05, 3.63) is 57.6 Å². The fraction of sp³-hybridized carbons (Fsp3) is 0.278. The monoisotopic (exact) mass is 362 g/mol. The fourth-order valence-corrected chi connectivity index (χ4v) is 2.95. The number of aryl methyl sites for hydroxylation is 3. The molecule has 0 aliphatic heterocycles. The second kappa shape index (κ2) is 7.45. The number of hydrogen-bond donors (Lipinski definition) is 0. The predicted molar refractivity (Wildman–Crippen MR) is 90.6 cm³/mol. The minimum absolute atomic E-state index is 0.218. The van der Waals surface area contributed by atoms with Gasteiger partial charge < -0.3 is 9.47 Å². The Morgan fingerprint density at radius 3 is 2.23 bits per heavy atom. The maximum Gasteiger partial charge on any atom is 0.311 e. The Labute approximate surface area is 139 Å². The van der Waals surface area contributed by atoms with E-state index < -0.39 is 0 Å². The lowest BCUT2D eigenvalue weighted by atomic mass is 10.1. The summed E-state index contributed by atoms with van der Waals surface area (Å²) < 4.78 is 11.6. The number of esters is 1. The third kappa shape index (κ3) is 4.34. The lowest BCUT2D eigenvalue weighted by Gasteiger charge is -2.11. The van der Waals surface area contributed by atoms with Crippen LogP contribution in [0, 0.1) is 13.8 Å². The largest absolute Gasteiger partial charge is 0.497 e. The van der Waals surface area contributed by atoms with E-state index in [4.69, 9.17) is 9.47 Å². The van der Waals surface area contributed by atoms with Crippen LogP contribution in [0.3, 0.4) is 0 Å². The summed E-state index contributed by atoms with van der Waals surface area (Å²) in [7, 11) is 1.63.